The summed E-state index contributed by atoms with van der Waals surface area (Å²) < 4.78 is 55.9. The Morgan fingerprint density at radius 2 is 1.78 bits per heavy atom. The topological polar surface area (TPSA) is 116 Å². The van der Waals surface area contributed by atoms with Gasteiger partial charge in [0, 0.05) is 35.2 Å². The first-order valence-electron chi connectivity index (χ1n) is 12.2. The van der Waals surface area contributed by atoms with Gasteiger partial charge in [-0.3, -0.25) is 14.2 Å². The zero-order valence-electron chi connectivity index (χ0n) is 22.5. The number of anilines is 1. The molecule has 14 heteroatoms. The van der Waals surface area contributed by atoms with Crippen LogP contribution in [0.25, 0.3) is 11.1 Å². The van der Waals surface area contributed by atoms with Crippen LogP contribution in [-0.2, 0) is 9.53 Å². The van der Waals surface area contributed by atoms with Gasteiger partial charge in [-0.15, -0.1) is 11.3 Å². The summed E-state index contributed by atoms with van der Waals surface area (Å²) in [5, 5.41) is 12.3. The van der Waals surface area contributed by atoms with Crippen molar-refractivity contribution in [2.45, 2.75) is 45.0 Å². The molecule has 222 valence electrons. The molecule has 1 amide bonds. The van der Waals surface area contributed by atoms with E-state index in [2.05, 4.69) is 5.32 Å². The van der Waals surface area contributed by atoms with Gasteiger partial charge in [-0.2, -0.15) is 13.2 Å². The zero-order valence-corrected chi connectivity index (χ0v) is 24.1. The minimum Gasteiger partial charge on any atom is -0.495 e. The third kappa shape index (κ3) is 8.97. The van der Waals surface area contributed by atoms with Crippen molar-refractivity contribution in [3.8, 4) is 22.6 Å². The van der Waals surface area contributed by atoms with Crippen LogP contribution in [0.15, 0.2) is 47.4 Å². The van der Waals surface area contributed by atoms with E-state index in [1.807, 2.05) is 20.8 Å². The highest BCUT2D eigenvalue weighted by molar-refractivity contribution is 7.18. The third-order valence-electron chi connectivity index (χ3n) is 5.52. The summed E-state index contributed by atoms with van der Waals surface area (Å²) in [6.45, 7) is 4.01. The molecule has 0 fully saturated rings. The van der Waals surface area contributed by atoms with E-state index in [-0.39, 0.29) is 50.6 Å². The number of benzene rings is 1. The van der Waals surface area contributed by atoms with Crippen molar-refractivity contribution in [1.82, 2.24) is 4.57 Å². The van der Waals surface area contributed by atoms with Crippen LogP contribution in [-0.4, -0.2) is 53.7 Å². The Morgan fingerprint density at radius 3 is 2.37 bits per heavy atom. The fraction of sp³-hybridized carbons (Fsp3) is 0.370. The molecule has 3 rings (SSSR count). The number of carboxylic acids is 1. The number of aromatic carboxylic acids is 1. The number of carbonyl (C=O) groups is 2. The van der Waals surface area contributed by atoms with E-state index in [0.29, 0.717) is 0 Å². The van der Waals surface area contributed by atoms with Gasteiger partial charge in [-0.25, -0.2) is 4.79 Å². The van der Waals surface area contributed by atoms with Crippen molar-refractivity contribution >= 4 is 39.8 Å². The average Bonchev–Trinajstić information content (AvgIpc) is 3.33. The standard InChI is InChI=1S/C27H28ClF3N2O7S/c1-26(2,3)40-10-9-18(24(35)32-22-8-7-21(41-22)25(36)37)33-13-20(38-4)17(12-23(33)34)16-11-15(28)5-6-19(16)39-14-27(29,30)31/h5-8,11-13,18H,9-10,14H2,1-4H3,(H,32,35)(H,36,37). The second-order valence-electron chi connectivity index (χ2n) is 9.77. The highest BCUT2D eigenvalue weighted by Crippen LogP contribution is 2.38. The van der Waals surface area contributed by atoms with E-state index in [9.17, 15) is 32.7 Å². The lowest BCUT2D eigenvalue weighted by Crippen LogP contribution is -2.34. The third-order valence-corrected chi connectivity index (χ3v) is 6.74. The van der Waals surface area contributed by atoms with Crippen molar-refractivity contribution in [2.24, 2.45) is 0 Å². The molecule has 2 N–H and O–H groups in total. The number of thiophene rings is 1. The molecule has 0 aliphatic carbocycles. The summed E-state index contributed by atoms with van der Waals surface area (Å²) in [7, 11) is 1.30. The summed E-state index contributed by atoms with van der Waals surface area (Å²) in [4.78, 5) is 38.0. The van der Waals surface area contributed by atoms with Crippen molar-refractivity contribution in [1.29, 1.82) is 0 Å². The molecule has 0 radical (unpaired) electrons. The number of amides is 1. The van der Waals surface area contributed by atoms with Crippen molar-refractivity contribution in [3.05, 3.63) is 62.8 Å². The fourth-order valence-corrected chi connectivity index (χ4v) is 4.66. The predicted octanol–water partition coefficient (Wildman–Crippen LogP) is 6.26. The molecule has 41 heavy (non-hydrogen) atoms. The number of halogens is 4. The summed E-state index contributed by atoms with van der Waals surface area (Å²) in [6, 6.07) is 6.71. The van der Waals surface area contributed by atoms with Gasteiger partial charge in [-0.1, -0.05) is 11.6 Å². The minimum absolute atomic E-state index is 0.0150. The minimum atomic E-state index is -4.60. The lowest BCUT2D eigenvalue weighted by atomic mass is 10.0. The van der Waals surface area contributed by atoms with Crippen LogP contribution in [0.1, 0.15) is 42.9 Å². The summed E-state index contributed by atoms with van der Waals surface area (Å²) in [5.74, 6) is -1.89. The quantitative estimate of drug-likeness (QED) is 0.261. The summed E-state index contributed by atoms with van der Waals surface area (Å²) in [6.07, 6.45) is -3.28. The van der Waals surface area contributed by atoms with Crippen molar-refractivity contribution in [3.63, 3.8) is 0 Å². The Kier molecular flexibility index (Phi) is 10.1. The number of hydrogen-bond acceptors (Lipinski definition) is 7. The molecule has 2 heterocycles. The van der Waals surface area contributed by atoms with Crippen LogP contribution in [0.4, 0.5) is 18.2 Å². The SMILES string of the molecule is COc1cn(C(CCOC(C)(C)C)C(=O)Nc2ccc(C(=O)O)s2)c(=O)cc1-c1cc(Cl)ccc1OCC(F)(F)F. The van der Waals surface area contributed by atoms with E-state index in [4.69, 9.17) is 25.8 Å². The predicted molar refractivity (Wildman–Crippen MR) is 149 cm³/mol. The molecule has 1 unspecified atom stereocenters. The number of carbonyl (C=O) groups excluding carboxylic acids is 1. The van der Waals surface area contributed by atoms with Crippen LogP contribution in [0.2, 0.25) is 5.02 Å². The number of hydrogen-bond donors (Lipinski definition) is 2. The van der Waals surface area contributed by atoms with Gasteiger partial charge in [0.15, 0.2) is 6.61 Å². The smallest absolute Gasteiger partial charge is 0.422 e. The van der Waals surface area contributed by atoms with E-state index in [1.54, 1.807) is 0 Å². The van der Waals surface area contributed by atoms with Gasteiger partial charge >= 0.3 is 12.1 Å². The number of aromatic nitrogens is 1. The van der Waals surface area contributed by atoms with E-state index < -0.39 is 41.9 Å². The Hall–Kier alpha value is -3.55. The van der Waals surface area contributed by atoms with Gasteiger partial charge in [0.1, 0.15) is 22.4 Å². The van der Waals surface area contributed by atoms with Crippen LogP contribution < -0.4 is 20.3 Å². The van der Waals surface area contributed by atoms with E-state index >= 15 is 0 Å². The Bertz CT molecular complexity index is 1460. The van der Waals surface area contributed by atoms with Crippen molar-refractivity contribution < 1.29 is 42.1 Å². The Morgan fingerprint density at radius 1 is 1.10 bits per heavy atom. The lowest BCUT2D eigenvalue weighted by Gasteiger charge is -2.24. The van der Waals surface area contributed by atoms with Crippen molar-refractivity contribution in [2.75, 3.05) is 25.6 Å². The Labute approximate surface area is 242 Å². The maximum atomic E-state index is 13.4. The van der Waals surface area contributed by atoms with Gasteiger partial charge in [0.05, 0.1) is 23.9 Å². The first kappa shape index (κ1) is 32.0. The summed E-state index contributed by atoms with van der Waals surface area (Å²) >= 11 is 6.95. The molecule has 1 atom stereocenters. The number of methoxy groups -OCH3 is 1. The second-order valence-corrected chi connectivity index (χ2v) is 11.3. The molecular formula is C27H28ClF3N2O7S. The molecule has 0 aliphatic rings. The molecule has 3 aromatic rings. The molecule has 0 spiro atoms. The summed E-state index contributed by atoms with van der Waals surface area (Å²) in [5.41, 5.74) is -1.02. The van der Waals surface area contributed by atoms with E-state index in [0.717, 1.165) is 22.0 Å². The largest absolute Gasteiger partial charge is 0.495 e. The maximum Gasteiger partial charge on any atom is 0.422 e. The molecule has 0 bridgehead atoms. The monoisotopic (exact) mass is 616 g/mol. The van der Waals surface area contributed by atoms with E-state index in [1.165, 1.54) is 43.6 Å². The number of rotatable bonds is 11. The molecule has 0 aliphatic heterocycles. The number of alkyl halides is 3. The molecular weight excluding hydrogens is 589 g/mol. The first-order valence-corrected chi connectivity index (χ1v) is 13.3. The van der Waals surface area contributed by atoms with Crippen LogP contribution >= 0.6 is 22.9 Å². The van der Waals surface area contributed by atoms with Crippen LogP contribution in [0.5, 0.6) is 11.5 Å². The molecule has 1 aromatic carbocycles. The Balaban J connectivity index is 2.04. The normalized spacial score (nSPS) is 12.6. The van der Waals surface area contributed by atoms with Crippen LogP contribution in [0, 0.1) is 0 Å². The molecule has 2 aromatic heterocycles. The number of nitrogens with one attached hydrogen (secondary N) is 1. The zero-order chi connectivity index (χ0) is 30.5. The van der Waals surface area contributed by atoms with Gasteiger partial charge in [-0.05, 0) is 51.1 Å². The van der Waals surface area contributed by atoms with Crippen LogP contribution in [0.3, 0.4) is 0 Å². The van der Waals surface area contributed by atoms with Gasteiger partial charge in [0.25, 0.3) is 5.56 Å². The second kappa shape index (κ2) is 13.0. The number of carboxylic acid groups (broad SMARTS) is 1. The number of nitrogens with zero attached hydrogens (tertiary/aromatic N) is 1. The highest BCUT2D eigenvalue weighted by atomic mass is 35.5. The maximum absolute atomic E-state index is 13.4. The fourth-order valence-electron chi connectivity index (χ4n) is 3.74. The number of ether oxygens (including phenoxy) is 3. The highest BCUT2D eigenvalue weighted by Gasteiger charge is 2.30. The van der Waals surface area contributed by atoms with Gasteiger partial charge < -0.3 is 24.6 Å². The molecule has 9 nitrogen and oxygen atoms in total. The number of pyridine rings is 1. The molecule has 0 saturated heterocycles. The lowest BCUT2D eigenvalue weighted by molar-refractivity contribution is -0.153. The van der Waals surface area contributed by atoms with Gasteiger partial charge in [0.2, 0.25) is 5.91 Å². The molecule has 0 saturated carbocycles. The average molecular weight is 617 g/mol. The first-order chi connectivity index (χ1) is 19.1.